The van der Waals surface area contributed by atoms with Crippen LogP contribution in [0.25, 0.3) is 0 Å². The fourth-order valence-electron chi connectivity index (χ4n) is 2.58. The van der Waals surface area contributed by atoms with Gasteiger partial charge in [-0.15, -0.1) is 5.10 Å². The van der Waals surface area contributed by atoms with E-state index in [2.05, 4.69) is 44.9 Å². The quantitative estimate of drug-likeness (QED) is 0.859. The maximum Gasteiger partial charge on any atom is 0.165 e. The first kappa shape index (κ1) is 13.2. The van der Waals surface area contributed by atoms with Gasteiger partial charge in [0.05, 0.1) is 13.1 Å². The van der Waals surface area contributed by atoms with Gasteiger partial charge in [0.2, 0.25) is 0 Å². The van der Waals surface area contributed by atoms with E-state index in [1.54, 1.807) is 0 Å². The predicted molar refractivity (Wildman–Crippen MR) is 76.1 cm³/mol. The second-order valence-corrected chi connectivity index (χ2v) is 5.30. The van der Waals surface area contributed by atoms with Crippen molar-refractivity contribution in [1.82, 2.24) is 30.4 Å². The third kappa shape index (κ3) is 3.02. The number of benzene rings is 1. The lowest BCUT2D eigenvalue weighted by Crippen LogP contribution is -2.33. The highest BCUT2D eigenvalue weighted by Gasteiger charge is 2.21. The monoisotopic (exact) mass is 272 g/mol. The summed E-state index contributed by atoms with van der Waals surface area (Å²) in [6, 6.07) is 10.9. The molecule has 1 aromatic heterocycles. The third-order valence-electron chi connectivity index (χ3n) is 3.83. The Kier molecular flexibility index (Phi) is 4.03. The van der Waals surface area contributed by atoms with E-state index < -0.39 is 0 Å². The molecule has 0 radical (unpaired) electrons. The number of nitrogens with one attached hydrogen (secondary N) is 1. The molecule has 1 saturated heterocycles. The molecule has 2 aromatic rings. The van der Waals surface area contributed by atoms with E-state index in [1.165, 1.54) is 12.0 Å². The lowest BCUT2D eigenvalue weighted by molar-refractivity contribution is 0.239. The number of hydrogen-bond donors (Lipinski definition) is 1. The summed E-state index contributed by atoms with van der Waals surface area (Å²) < 4.78 is 1.88. The number of likely N-dealkylation sites (N-methyl/N-ethyl adjacent to an activating group) is 1. The highest BCUT2D eigenvalue weighted by Crippen LogP contribution is 2.10. The Bertz CT molecular complexity index is 532. The van der Waals surface area contributed by atoms with Gasteiger partial charge in [0, 0.05) is 12.6 Å². The highest BCUT2D eigenvalue weighted by atomic mass is 15.5. The Morgan fingerprint density at radius 3 is 2.95 bits per heavy atom. The summed E-state index contributed by atoms with van der Waals surface area (Å²) in [6.45, 7) is 3.66. The van der Waals surface area contributed by atoms with Crippen molar-refractivity contribution in [3.8, 4) is 0 Å². The van der Waals surface area contributed by atoms with Gasteiger partial charge in [0.25, 0.3) is 0 Å². The summed E-state index contributed by atoms with van der Waals surface area (Å²) in [6.07, 6.45) is 1.19. The first-order valence-corrected chi connectivity index (χ1v) is 7.03. The zero-order chi connectivity index (χ0) is 13.8. The first-order chi connectivity index (χ1) is 9.83. The van der Waals surface area contributed by atoms with Gasteiger partial charge in [-0.05, 0) is 36.0 Å². The van der Waals surface area contributed by atoms with E-state index in [0.717, 1.165) is 32.0 Å². The van der Waals surface area contributed by atoms with Crippen LogP contribution in [0.2, 0.25) is 0 Å². The molecule has 1 fully saturated rings. The van der Waals surface area contributed by atoms with Crippen molar-refractivity contribution >= 4 is 0 Å². The standard InChI is InChI=1S/C14H20N6/c1-19(13-7-8-15-9-13)11-14-16-17-18-20(14)10-12-5-3-2-4-6-12/h2-6,13,15H,7-11H2,1H3. The molecule has 2 heterocycles. The van der Waals surface area contributed by atoms with E-state index >= 15 is 0 Å². The smallest absolute Gasteiger partial charge is 0.165 e. The fraction of sp³-hybridized carbons (Fsp3) is 0.500. The molecule has 1 aliphatic rings. The number of rotatable bonds is 5. The molecule has 106 valence electrons. The molecule has 0 aliphatic carbocycles. The van der Waals surface area contributed by atoms with Gasteiger partial charge in [-0.25, -0.2) is 4.68 Å². The van der Waals surface area contributed by atoms with Crippen LogP contribution in [0.4, 0.5) is 0 Å². The zero-order valence-electron chi connectivity index (χ0n) is 11.7. The molecule has 1 aromatic carbocycles. The molecule has 1 atom stereocenters. The van der Waals surface area contributed by atoms with E-state index in [4.69, 9.17) is 0 Å². The van der Waals surface area contributed by atoms with Crippen molar-refractivity contribution in [1.29, 1.82) is 0 Å². The minimum Gasteiger partial charge on any atom is -0.315 e. The molecule has 0 amide bonds. The average Bonchev–Trinajstić information content (AvgIpc) is 3.12. The van der Waals surface area contributed by atoms with Gasteiger partial charge < -0.3 is 5.32 Å². The molecule has 0 saturated carbocycles. The van der Waals surface area contributed by atoms with Crippen LogP contribution in [-0.4, -0.2) is 51.3 Å². The Hall–Kier alpha value is -1.79. The van der Waals surface area contributed by atoms with E-state index in [0.29, 0.717) is 6.04 Å². The molecule has 1 aliphatic heterocycles. The summed E-state index contributed by atoms with van der Waals surface area (Å²) in [4.78, 5) is 2.33. The van der Waals surface area contributed by atoms with Crippen LogP contribution in [0.3, 0.4) is 0 Å². The van der Waals surface area contributed by atoms with Crippen molar-refractivity contribution in [3.63, 3.8) is 0 Å². The zero-order valence-corrected chi connectivity index (χ0v) is 11.7. The predicted octanol–water partition coefficient (Wildman–Crippen LogP) is 0.515. The summed E-state index contributed by atoms with van der Waals surface area (Å²) in [5.41, 5.74) is 1.21. The molecule has 1 N–H and O–H groups in total. The van der Waals surface area contributed by atoms with Crippen molar-refractivity contribution in [3.05, 3.63) is 41.7 Å². The number of hydrogen-bond acceptors (Lipinski definition) is 5. The maximum absolute atomic E-state index is 4.16. The van der Waals surface area contributed by atoms with Crippen LogP contribution in [-0.2, 0) is 13.1 Å². The summed E-state index contributed by atoms with van der Waals surface area (Å²) in [5, 5.41) is 15.5. The van der Waals surface area contributed by atoms with Crippen molar-refractivity contribution in [2.24, 2.45) is 0 Å². The summed E-state index contributed by atoms with van der Waals surface area (Å²) in [7, 11) is 2.14. The largest absolute Gasteiger partial charge is 0.315 e. The molecule has 1 unspecified atom stereocenters. The molecule has 0 bridgehead atoms. The van der Waals surface area contributed by atoms with Crippen molar-refractivity contribution in [2.45, 2.75) is 25.6 Å². The van der Waals surface area contributed by atoms with Gasteiger partial charge in [-0.2, -0.15) is 0 Å². The van der Waals surface area contributed by atoms with Crippen LogP contribution in [0.5, 0.6) is 0 Å². The second-order valence-electron chi connectivity index (χ2n) is 5.30. The van der Waals surface area contributed by atoms with Crippen LogP contribution >= 0.6 is 0 Å². The normalized spacial score (nSPS) is 18.8. The first-order valence-electron chi connectivity index (χ1n) is 7.03. The molecule has 3 rings (SSSR count). The van der Waals surface area contributed by atoms with Gasteiger partial charge in [-0.3, -0.25) is 4.90 Å². The van der Waals surface area contributed by atoms with Crippen LogP contribution in [0.1, 0.15) is 17.8 Å². The van der Waals surface area contributed by atoms with Gasteiger partial charge in [0.1, 0.15) is 0 Å². The van der Waals surface area contributed by atoms with Crippen LogP contribution in [0.15, 0.2) is 30.3 Å². The van der Waals surface area contributed by atoms with E-state index in [1.807, 2.05) is 22.9 Å². The summed E-state index contributed by atoms with van der Waals surface area (Å²) >= 11 is 0. The number of tetrazole rings is 1. The highest BCUT2D eigenvalue weighted by molar-refractivity contribution is 5.14. The van der Waals surface area contributed by atoms with E-state index in [9.17, 15) is 0 Å². The van der Waals surface area contributed by atoms with Crippen molar-refractivity contribution < 1.29 is 0 Å². The molecular formula is C14H20N6. The molecule has 20 heavy (non-hydrogen) atoms. The Balaban J connectivity index is 1.67. The minimum atomic E-state index is 0.580. The van der Waals surface area contributed by atoms with Gasteiger partial charge in [-0.1, -0.05) is 30.3 Å². The van der Waals surface area contributed by atoms with E-state index in [-0.39, 0.29) is 0 Å². The number of aromatic nitrogens is 4. The topological polar surface area (TPSA) is 58.9 Å². The molecule has 6 heteroatoms. The SMILES string of the molecule is CN(Cc1nnnn1Cc1ccccc1)C1CCNC1. The van der Waals surface area contributed by atoms with Gasteiger partial charge >= 0.3 is 0 Å². The number of nitrogens with zero attached hydrogens (tertiary/aromatic N) is 5. The third-order valence-corrected chi connectivity index (χ3v) is 3.83. The van der Waals surface area contributed by atoms with Crippen LogP contribution < -0.4 is 5.32 Å². The lowest BCUT2D eigenvalue weighted by Gasteiger charge is -2.22. The second kappa shape index (κ2) is 6.11. The Morgan fingerprint density at radius 2 is 2.20 bits per heavy atom. The van der Waals surface area contributed by atoms with Crippen molar-refractivity contribution in [2.75, 3.05) is 20.1 Å². The van der Waals surface area contributed by atoms with Crippen LogP contribution in [0, 0.1) is 0 Å². The average molecular weight is 272 g/mol. The minimum absolute atomic E-state index is 0.580. The maximum atomic E-state index is 4.16. The summed E-state index contributed by atoms with van der Waals surface area (Å²) in [5.74, 6) is 0.920. The molecular weight excluding hydrogens is 252 g/mol. The molecule has 6 nitrogen and oxygen atoms in total. The van der Waals surface area contributed by atoms with Gasteiger partial charge in [0.15, 0.2) is 5.82 Å². The fourth-order valence-corrected chi connectivity index (χ4v) is 2.58. The lowest BCUT2D eigenvalue weighted by atomic mass is 10.2. The molecule has 0 spiro atoms. The Morgan fingerprint density at radius 1 is 1.35 bits per heavy atom. The Labute approximate surface area is 118 Å².